The van der Waals surface area contributed by atoms with Crippen molar-refractivity contribution in [2.45, 2.75) is 32.2 Å². The van der Waals surface area contributed by atoms with E-state index >= 15 is 0 Å². The molecule has 0 radical (unpaired) electrons. The van der Waals surface area contributed by atoms with Crippen molar-refractivity contribution in [2.75, 3.05) is 5.73 Å². The van der Waals surface area contributed by atoms with Gasteiger partial charge in [0.15, 0.2) is 5.82 Å². The van der Waals surface area contributed by atoms with E-state index < -0.39 is 0 Å². The molecule has 0 saturated heterocycles. The van der Waals surface area contributed by atoms with Gasteiger partial charge in [-0.25, -0.2) is 4.68 Å². The maximum absolute atomic E-state index is 6.04. The summed E-state index contributed by atoms with van der Waals surface area (Å²) >= 11 is 6.04. The van der Waals surface area contributed by atoms with Gasteiger partial charge in [0.2, 0.25) is 0 Å². The van der Waals surface area contributed by atoms with Crippen LogP contribution in [-0.4, -0.2) is 20.2 Å². The minimum Gasteiger partial charge on any atom is -0.398 e. The molecule has 0 spiro atoms. The van der Waals surface area contributed by atoms with Crippen LogP contribution in [0.4, 0.5) is 5.69 Å². The number of hydrogen-bond acceptors (Lipinski definition) is 4. The Balaban J connectivity index is 1.79. The summed E-state index contributed by atoms with van der Waals surface area (Å²) in [6.45, 7) is 0.856. The summed E-state index contributed by atoms with van der Waals surface area (Å²) in [5.41, 5.74) is 7.18. The molecule has 1 aliphatic rings. The van der Waals surface area contributed by atoms with Crippen molar-refractivity contribution in [3.63, 3.8) is 0 Å². The normalized spacial score (nSPS) is 15.4. The number of aryl methyl sites for hydroxylation is 1. The van der Waals surface area contributed by atoms with E-state index in [-0.39, 0.29) is 0 Å². The number of tetrazole rings is 1. The number of nitrogens with zero attached hydrogens (tertiary/aromatic N) is 4. The molecule has 19 heavy (non-hydrogen) atoms. The minimum atomic E-state index is 0.533. The van der Waals surface area contributed by atoms with Gasteiger partial charge in [0.1, 0.15) is 0 Å². The van der Waals surface area contributed by atoms with Crippen LogP contribution in [0.2, 0.25) is 5.02 Å². The zero-order valence-electron chi connectivity index (χ0n) is 10.6. The Labute approximate surface area is 116 Å². The van der Waals surface area contributed by atoms with E-state index in [0.717, 1.165) is 30.3 Å². The highest BCUT2D eigenvalue weighted by molar-refractivity contribution is 6.33. The number of benzene rings is 1. The summed E-state index contributed by atoms with van der Waals surface area (Å²) in [7, 11) is 0. The lowest BCUT2D eigenvalue weighted by molar-refractivity contribution is 0.277. The van der Waals surface area contributed by atoms with E-state index in [4.69, 9.17) is 17.3 Å². The van der Waals surface area contributed by atoms with E-state index in [9.17, 15) is 0 Å². The molecule has 1 heterocycles. The summed E-state index contributed by atoms with van der Waals surface area (Å²) in [6, 6.07) is 5.48. The molecule has 1 aromatic carbocycles. The maximum atomic E-state index is 6.04. The fourth-order valence-electron chi connectivity index (χ4n) is 2.31. The molecule has 100 valence electrons. The first-order chi connectivity index (χ1) is 9.24. The van der Waals surface area contributed by atoms with Crippen LogP contribution < -0.4 is 5.73 Å². The Hall–Kier alpha value is -1.62. The first kappa shape index (κ1) is 12.4. The second kappa shape index (κ2) is 5.17. The SMILES string of the molecule is Nc1ccc(-c2nnnn2CCC2CCC2)cc1Cl. The summed E-state index contributed by atoms with van der Waals surface area (Å²) in [4.78, 5) is 0. The van der Waals surface area contributed by atoms with Gasteiger partial charge in [-0.2, -0.15) is 0 Å². The van der Waals surface area contributed by atoms with Gasteiger partial charge in [0.05, 0.1) is 10.7 Å². The molecule has 1 aromatic heterocycles. The van der Waals surface area contributed by atoms with Crippen molar-refractivity contribution in [2.24, 2.45) is 5.92 Å². The van der Waals surface area contributed by atoms with E-state index in [1.54, 1.807) is 6.07 Å². The molecule has 3 rings (SSSR count). The second-order valence-electron chi connectivity index (χ2n) is 5.05. The number of nitrogens with two attached hydrogens (primary N) is 1. The van der Waals surface area contributed by atoms with Gasteiger partial charge in [0.25, 0.3) is 0 Å². The Bertz CT molecular complexity index is 576. The lowest BCUT2D eigenvalue weighted by Crippen LogP contribution is -2.15. The Morgan fingerprint density at radius 3 is 2.89 bits per heavy atom. The lowest BCUT2D eigenvalue weighted by Gasteiger charge is -2.24. The number of anilines is 1. The van der Waals surface area contributed by atoms with Gasteiger partial charge >= 0.3 is 0 Å². The van der Waals surface area contributed by atoms with Crippen molar-refractivity contribution in [3.8, 4) is 11.4 Å². The molecular formula is C13H16ClN5. The predicted octanol–water partition coefficient (Wildman–Crippen LogP) is 2.77. The third kappa shape index (κ3) is 2.56. The van der Waals surface area contributed by atoms with Gasteiger partial charge in [-0.3, -0.25) is 0 Å². The molecule has 0 unspecified atom stereocenters. The average Bonchev–Trinajstić information content (AvgIpc) is 2.79. The highest BCUT2D eigenvalue weighted by Gasteiger charge is 2.18. The van der Waals surface area contributed by atoms with Crippen LogP contribution in [0.1, 0.15) is 25.7 Å². The monoisotopic (exact) mass is 277 g/mol. The molecule has 1 saturated carbocycles. The summed E-state index contributed by atoms with van der Waals surface area (Å²) in [5, 5.41) is 12.4. The van der Waals surface area contributed by atoms with Crippen LogP contribution in [-0.2, 0) is 6.54 Å². The second-order valence-corrected chi connectivity index (χ2v) is 5.45. The topological polar surface area (TPSA) is 69.6 Å². The van der Waals surface area contributed by atoms with Crippen LogP contribution in [0.15, 0.2) is 18.2 Å². The number of aromatic nitrogens is 4. The average molecular weight is 278 g/mol. The predicted molar refractivity (Wildman–Crippen MR) is 74.6 cm³/mol. The van der Waals surface area contributed by atoms with Crippen LogP contribution in [0.3, 0.4) is 0 Å². The molecule has 0 amide bonds. The molecule has 5 nitrogen and oxygen atoms in total. The summed E-state index contributed by atoms with van der Waals surface area (Å²) in [6.07, 6.45) is 5.18. The van der Waals surface area contributed by atoms with Gasteiger partial charge in [-0.15, -0.1) is 5.10 Å². The molecule has 1 fully saturated rings. The van der Waals surface area contributed by atoms with Crippen molar-refractivity contribution in [3.05, 3.63) is 23.2 Å². The van der Waals surface area contributed by atoms with E-state index in [1.807, 2.05) is 16.8 Å². The fourth-order valence-corrected chi connectivity index (χ4v) is 2.50. The first-order valence-corrected chi connectivity index (χ1v) is 6.93. The van der Waals surface area contributed by atoms with Gasteiger partial charge in [-0.05, 0) is 41.0 Å². The quantitative estimate of drug-likeness (QED) is 0.873. The summed E-state index contributed by atoms with van der Waals surface area (Å²) < 4.78 is 1.85. The molecule has 0 aliphatic heterocycles. The van der Waals surface area contributed by atoms with E-state index in [0.29, 0.717) is 10.7 Å². The van der Waals surface area contributed by atoms with Crippen LogP contribution in [0.5, 0.6) is 0 Å². The number of nitrogen functional groups attached to an aromatic ring is 1. The fraction of sp³-hybridized carbons (Fsp3) is 0.462. The van der Waals surface area contributed by atoms with Crippen molar-refractivity contribution in [1.29, 1.82) is 0 Å². The number of halogens is 1. The minimum absolute atomic E-state index is 0.533. The zero-order chi connectivity index (χ0) is 13.2. The van der Waals surface area contributed by atoms with E-state index in [2.05, 4.69) is 15.5 Å². The number of hydrogen-bond donors (Lipinski definition) is 1. The van der Waals surface area contributed by atoms with Gasteiger partial charge in [-0.1, -0.05) is 30.9 Å². The summed E-state index contributed by atoms with van der Waals surface area (Å²) in [5.74, 6) is 1.59. The standard InChI is InChI=1S/C13H16ClN5/c14-11-8-10(4-5-12(11)15)13-16-17-18-19(13)7-6-9-2-1-3-9/h4-5,8-9H,1-3,6-7,15H2. The third-order valence-electron chi connectivity index (χ3n) is 3.76. The van der Waals surface area contributed by atoms with E-state index in [1.165, 1.54) is 19.3 Å². The highest BCUT2D eigenvalue weighted by Crippen LogP contribution is 2.30. The van der Waals surface area contributed by atoms with Gasteiger partial charge in [0, 0.05) is 12.1 Å². The maximum Gasteiger partial charge on any atom is 0.182 e. The molecule has 1 aliphatic carbocycles. The molecule has 0 bridgehead atoms. The first-order valence-electron chi connectivity index (χ1n) is 6.55. The van der Waals surface area contributed by atoms with Crippen LogP contribution in [0.25, 0.3) is 11.4 Å². The molecular weight excluding hydrogens is 262 g/mol. The highest BCUT2D eigenvalue weighted by atomic mass is 35.5. The third-order valence-corrected chi connectivity index (χ3v) is 4.09. The lowest BCUT2D eigenvalue weighted by atomic mass is 9.83. The zero-order valence-corrected chi connectivity index (χ0v) is 11.3. The Kier molecular flexibility index (Phi) is 3.38. The molecule has 6 heteroatoms. The van der Waals surface area contributed by atoms with Crippen molar-refractivity contribution < 1.29 is 0 Å². The molecule has 0 atom stereocenters. The van der Waals surface area contributed by atoms with Crippen LogP contribution in [0, 0.1) is 5.92 Å². The van der Waals surface area contributed by atoms with Crippen LogP contribution >= 0.6 is 11.6 Å². The Morgan fingerprint density at radius 2 is 2.21 bits per heavy atom. The smallest absolute Gasteiger partial charge is 0.182 e. The number of rotatable bonds is 4. The van der Waals surface area contributed by atoms with Gasteiger partial charge < -0.3 is 5.73 Å². The Morgan fingerprint density at radius 1 is 1.37 bits per heavy atom. The molecule has 2 N–H and O–H groups in total. The molecule has 2 aromatic rings. The largest absolute Gasteiger partial charge is 0.398 e. The van der Waals surface area contributed by atoms with Crippen molar-refractivity contribution in [1.82, 2.24) is 20.2 Å². The van der Waals surface area contributed by atoms with Crippen molar-refractivity contribution >= 4 is 17.3 Å².